The lowest BCUT2D eigenvalue weighted by Crippen LogP contribution is -2.42. The van der Waals surface area contributed by atoms with E-state index in [4.69, 9.17) is 12.2 Å². The fourth-order valence-corrected chi connectivity index (χ4v) is 4.91. The number of alkyl halides is 2. The van der Waals surface area contributed by atoms with Crippen LogP contribution in [-0.4, -0.2) is 16.9 Å². The Kier molecular flexibility index (Phi) is 5.42. The van der Waals surface area contributed by atoms with Gasteiger partial charge in [-0.2, -0.15) is 8.78 Å². The molecule has 2 bridgehead atoms. The summed E-state index contributed by atoms with van der Waals surface area (Å²) in [6.07, 6.45) is 5.48. The van der Waals surface area contributed by atoms with Crippen molar-refractivity contribution in [2.24, 2.45) is 17.8 Å². The summed E-state index contributed by atoms with van der Waals surface area (Å²) >= 11 is 5.94. The van der Waals surface area contributed by atoms with Crippen molar-refractivity contribution in [2.75, 3.05) is 5.32 Å². The van der Waals surface area contributed by atoms with E-state index in [9.17, 15) is 8.78 Å². The standard InChI is InChI=1S/C17H22F2N2S2/c1-10(15-9-11-2-3-12(15)8-11)20-17(22)21-13-4-6-14(7-5-13)23-16(18)19/h4-7,10-12,15-16H,2-3,8-9H2,1H3,(H2,20,21,22). The highest BCUT2D eigenvalue weighted by molar-refractivity contribution is 7.99. The Bertz CT molecular complexity index is 550. The Morgan fingerprint density at radius 3 is 2.52 bits per heavy atom. The van der Waals surface area contributed by atoms with Gasteiger partial charge in [-0.1, -0.05) is 18.2 Å². The van der Waals surface area contributed by atoms with Crippen molar-refractivity contribution >= 4 is 34.8 Å². The maximum atomic E-state index is 12.3. The largest absolute Gasteiger partial charge is 0.360 e. The molecule has 0 saturated heterocycles. The van der Waals surface area contributed by atoms with E-state index in [-0.39, 0.29) is 0 Å². The molecule has 1 aromatic rings. The number of hydrogen-bond acceptors (Lipinski definition) is 2. The summed E-state index contributed by atoms with van der Waals surface area (Å²) in [7, 11) is 0. The predicted molar refractivity (Wildman–Crippen MR) is 96.1 cm³/mol. The van der Waals surface area contributed by atoms with Crippen molar-refractivity contribution in [1.29, 1.82) is 0 Å². The molecule has 0 aliphatic heterocycles. The zero-order chi connectivity index (χ0) is 16.4. The van der Waals surface area contributed by atoms with Crippen LogP contribution in [0.25, 0.3) is 0 Å². The summed E-state index contributed by atoms with van der Waals surface area (Å²) in [5.74, 6) is 0.115. The predicted octanol–water partition coefficient (Wildman–Crippen LogP) is 5.11. The molecule has 3 rings (SSSR count). The van der Waals surface area contributed by atoms with Gasteiger partial charge in [0.15, 0.2) is 5.11 Å². The molecule has 126 valence electrons. The van der Waals surface area contributed by atoms with E-state index in [1.807, 2.05) is 0 Å². The molecule has 2 fully saturated rings. The van der Waals surface area contributed by atoms with Gasteiger partial charge >= 0.3 is 0 Å². The number of nitrogens with one attached hydrogen (secondary N) is 2. The first-order chi connectivity index (χ1) is 11.0. The van der Waals surface area contributed by atoms with Crippen LogP contribution in [0, 0.1) is 17.8 Å². The summed E-state index contributed by atoms with van der Waals surface area (Å²) in [6, 6.07) is 7.29. The Morgan fingerprint density at radius 1 is 1.22 bits per heavy atom. The highest BCUT2D eigenvalue weighted by Gasteiger charge is 2.41. The van der Waals surface area contributed by atoms with Gasteiger partial charge in [0.05, 0.1) is 0 Å². The second-order valence-corrected chi connectivity index (χ2v) is 8.10. The van der Waals surface area contributed by atoms with Gasteiger partial charge in [-0.15, -0.1) is 0 Å². The number of hydrogen-bond donors (Lipinski definition) is 2. The molecule has 0 heterocycles. The van der Waals surface area contributed by atoms with Crippen LogP contribution < -0.4 is 10.6 Å². The first-order valence-corrected chi connectivity index (χ1v) is 9.42. The fraction of sp³-hybridized carbons (Fsp3) is 0.588. The van der Waals surface area contributed by atoms with Crippen LogP contribution in [0.5, 0.6) is 0 Å². The average Bonchev–Trinajstić information content (AvgIpc) is 3.11. The molecule has 2 aliphatic rings. The van der Waals surface area contributed by atoms with Crippen LogP contribution in [0.3, 0.4) is 0 Å². The van der Waals surface area contributed by atoms with E-state index in [1.165, 1.54) is 25.7 Å². The third kappa shape index (κ3) is 4.35. The molecule has 0 spiro atoms. The van der Waals surface area contributed by atoms with Gasteiger partial charge in [0.2, 0.25) is 0 Å². The SMILES string of the molecule is CC(NC(=S)Nc1ccc(SC(F)F)cc1)C1CC2CCC1C2. The Balaban J connectivity index is 1.49. The first-order valence-electron chi connectivity index (χ1n) is 8.13. The van der Waals surface area contributed by atoms with Crippen LogP contribution in [0.1, 0.15) is 32.6 Å². The molecular weight excluding hydrogens is 334 g/mol. The second kappa shape index (κ2) is 7.34. The number of thioether (sulfide) groups is 1. The molecule has 0 amide bonds. The number of rotatable bonds is 5. The van der Waals surface area contributed by atoms with E-state index in [1.54, 1.807) is 24.3 Å². The van der Waals surface area contributed by atoms with Crippen LogP contribution in [0.2, 0.25) is 0 Å². The van der Waals surface area contributed by atoms with E-state index >= 15 is 0 Å². The van der Waals surface area contributed by atoms with Crippen LogP contribution in [0.4, 0.5) is 14.5 Å². The van der Waals surface area contributed by atoms with E-state index in [0.29, 0.717) is 27.8 Å². The first kappa shape index (κ1) is 17.0. The third-order valence-electron chi connectivity index (χ3n) is 5.13. The Hall–Kier alpha value is -0.880. The molecule has 2 N–H and O–H groups in total. The Morgan fingerprint density at radius 2 is 1.96 bits per heavy atom. The smallest absolute Gasteiger partial charge is 0.288 e. The number of halogens is 2. The zero-order valence-electron chi connectivity index (χ0n) is 13.1. The topological polar surface area (TPSA) is 24.1 Å². The van der Waals surface area contributed by atoms with Gasteiger partial charge in [0, 0.05) is 16.6 Å². The van der Waals surface area contributed by atoms with Gasteiger partial charge in [-0.05, 0) is 80.4 Å². The Labute approximate surface area is 145 Å². The molecule has 1 aromatic carbocycles. The second-order valence-electron chi connectivity index (χ2n) is 6.63. The number of fused-ring (bicyclic) bond motifs is 2. The molecule has 2 aliphatic carbocycles. The number of benzene rings is 1. The normalized spacial score (nSPS) is 27.2. The van der Waals surface area contributed by atoms with Crippen molar-refractivity contribution in [3.05, 3.63) is 24.3 Å². The van der Waals surface area contributed by atoms with Crippen molar-refractivity contribution in [3.63, 3.8) is 0 Å². The molecule has 2 nitrogen and oxygen atoms in total. The monoisotopic (exact) mass is 356 g/mol. The van der Waals surface area contributed by atoms with Crippen LogP contribution in [0.15, 0.2) is 29.2 Å². The molecule has 4 unspecified atom stereocenters. The summed E-state index contributed by atoms with van der Waals surface area (Å²) in [4.78, 5) is 0.555. The average molecular weight is 357 g/mol. The maximum absolute atomic E-state index is 12.3. The van der Waals surface area contributed by atoms with Crippen molar-refractivity contribution in [1.82, 2.24) is 5.32 Å². The lowest BCUT2D eigenvalue weighted by molar-refractivity contribution is 0.252. The van der Waals surface area contributed by atoms with Crippen molar-refractivity contribution < 1.29 is 8.78 Å². The molecular formula is C17H22F2N2S2. The van der Waals surface area contributed by atoms with Crippen molar-refractivity contribution in [2.45, 2.75) is 49.3 Å². The summed E-state index contributed by atoms with van der Waals surface area (Å²) in [6.45, 7) is 2.21. The quantitative estimate of drug-likeness (QED) is 0.565. The minimum Gasteiger partial charge on any atom is -0.360 e. The summed E-state index contributed by atoms with van der Waals surface area (Å²) in [5.41, 5.74) is 0.821. The number of anilines is 1. The highest BCUT2D eigenvalue weighted by atomic mass is 32.2. The fourth-order valence-electron chi connectivity index (χ4n) is 4.11. The maximum Gasteiger partial charge on any atom is 0.288 e. The van der Waals surface area contributed by atoms with Gasteiger partial charge in [-0.25, -0.2) is 0 Å². The minimum atomic E-state index is -2.39. The van der Waals surface area contributed by atoms with E-state index in [0.717, 1.165) is 23.4 Å². The number of thiocarbonyl (C=S) groups is 1. The third-order valence-corrected chi connectivity index (χ3v) is 6.07. The molecule has 0 radical (unpaired) electrons. The van der Waals surface area contributed by atoms with Gasteiger partial charge in [-0.3, -0.25) is 0 Å². The lowest BCUT2D eigenvalue weighted by Gasteiger charge is -2.29. The zero-order valence-corrected chi connectivity index (χ0v) is 14.7. The summed E-state index contributed by atoms with van der Waals surface area (Å²) < 4.78 is 24.6. The van der Waals surface area contributed by atoms with Gasteiger partial charge in [0.1, 0.15) is 0 Å². The van der Waals surface area contributed by atoms with E-state index in [2.05, 4.69) is 17.6 Å². The van der Waals surface area contributed by atoms with Gasteiger partial charge < -0.3 is 10.6 Å². The van der Waals surface area contributed by atoms with Crippen molar-refractivity contribution in [3.8, 4) is 0 Å². The highest BCUT2D eigenvalue weighted by Crippen LogP contribution is 2.49. The van der Waals surface area contributed by atoms with E-state index < -0.39 is 5.76 Å². The molecule has 2 saturated carbocycles. The lowest BCUT2D eigenvalue weighted by atomic mass is 9.84. The minimum absolute atomic E-state index is 0.374. The van der Waals surface area contributed by atoms with Gasteiger partial charge in [0.25, 0.3) is 5.76 Å². The molecule has 23 heavy (non-hydrogen) atoms. The molecule has 0 aromatic heterocycles. The molecule has 6 heteroatoms. The van der Waals surface area contributed by atoms with Crippen LogP contribution in [-0.2, 0) is 0 Å². The summed E-state index contributed by atoms with van der Waals surface area (Å²) in [5, 5.41) is 7.15. The van der Waals surface area contributed by atoms with Crippen LogP contribution >= 0.6 is 24.0 Å². The molecule has 4 atom stereocenters.